The summed E-state index contributed by atoms with van der Waals surface area (Å²) in [4.78, 5) is 26.1. The summed E-state index contributed by atoms with van der Waals surface area (Å²) in [5, 5.41) is 1.28. The van der Waals surface area contributed by atoms with E-state index in [1.54, 1.807) is 25.4 Å². The van der Waals surface area contributed by atoms with Crippen molar-refractivity contribution in [3.63, 3.8) is 0 Å². The minimum atomic E-state index is -0.520. The van der Waals surface area contributed by atoms with Gasteiger partial charge in [0.05, 0.1) is 29.6 Å². The zero-order valence-corrected chi connectivity index (χ0v) is 23.1. The molecule has 2 fully saturated rings. The molecule has 0 amide bonds. The number of carbonyl (C=O) groups excluding carboxylic acids is 1. The molecule has 2 saturated heterocycles. The molecule has 38 heavy (non-hydrogen) atoms. The Morgan fingerprint density at radius 3 is 2.24 bits per heavy atom. The number of hydrogen-bond acceptors (Lipinski definition) is 7. The summed E-state index contributed by atoms with van der Waals surface area (Å²) in [7, 11) is 1.61. The van der Waals surface area contributed by atoms with Crippen LogP contribution in [0, 0.1) is 5.92 Å². The van der Waals surface area contributed by atoms with Gasteiger partial charge in [0.2, 0.25) is 11.8 Å². The number of nitrogens with zero attached hydrogens (tertiary/aromatic N) is 4. The molecule has 0 unspecified atom stereocenters. The molecule has 9 heteroatoms. The number of pyridine rings is 2. The van der Waals surface area contributed by atoms with Crippen LogP contribution in [-0.2, 0) is 4.79 Å². The second kappa shape index (κ2) is 11.5. The van der Waals surface area contributed by atoms with Gasteiger partial charge in [-0.3, -0.25) is 4.90 Å². The highest BCUT2D eigenvalue weighted by molar-refractivity contribution is 6.30. The number of aromatic nitrogens is 2. The molecule has 1 aromatic carbocycles. The van der Waals surface area contributed by atoms with Gasteiger partial charge in [0, 0.05) is 61.4 Å². The van der Waals surface area contributed by atoms with E-state index in [1.165, 1.54) is 11.8 Å². The largest absolute Gasteiger partial charge is 0.481 e. The number of piperidine rings is 1. The van der Waals surface area contributed by atoms with Gasteiger partial charge in [-0.05, 0) is 49.6 Å². The maximum Gasteiger partial charge on any atom is 0.213 e. The Bertz CT molecular complexity index is 1220. The van der Waals surface area contributed by atoms with Crippen LogP contribution in [0.15, 0.2) is 60.9 Å². The van der Waals surface area contributed by atoms with Crippen molar-refractivity contribution >= 4 is 35.2 Å². The third-order valence-corrected chi connectivity index (χ3v) is 8.52. The number of rotatable bonds is 8. The van der Waals surface area contributed by atoms with E-state index in [0.717, 1.165) is 44.7 Å². The fraction of sp³-hybridized carbons (Fsp3) is 0.414. The maximum absolute atomic E-state index is 12.7. The molecule has 0 spiro atoms. The molecule has 5 rings (SSSR count). The Morgan fingerprint density at radius 2 is 1.63 bits per heavy atom. The molecular formula is C29H32Cl2N4O3. The first kappa shape index (κ1) is 26.7. The first-order chi connectivity index (χ1) is 18.4. The van der Waals surface area contributed by atoms with Crippen LogP contribution in [0.2, 0.25) is 10.0 Å². The third-order valence-electron chi connectivity index (χ3n) is 8.05. The van der Waals surface area contributed by atoms with E-state index in [4.69, 9.17) is 32.7 Å². The topological polar surface area (TPSA) is 67.8 Å². The highest BCUT2D eigenvalue weighted by Crippen LogP contribution is 2.42. The van der Waals surface area contributed by atoms with E-state index in [0.29, 0.717) is 21.8 Å². The fourth-order valence-electron chi connectivity index (χ4n) is 5.78. The quantitative estimate of drug-likeness (QED) is 0.340. The number of carbonyl (C=O) groups is 1. The summed E-state index contributed by atoms with van der Waals surface area (Å²) in [6, 6.07) is 15.5. The Labute approximate surface area is 233 Å². The van der Waals surface area contributed by atoms with Crippen molar-refractivity contribution in [3.8, 4) is 11.8 Å². The van der Waals surface area contributed by atoms with Crippen molar-refractivity contribution in [2.24, 2.45) is 5.92 Å². The van der Waals surface area contributed by atoms with Gasteiger partial charge in [0.15, 0.2) is 0 Å². The van der Waals surface area contributed by atoms with E-state index in [-0.39, 0.29) is 17.9 Å². The number of benzene rings is 1. The van der Waals surface area contributed by atoms with E-state index in [9.17, 15) is 4.79 Å². The normalized spacial score (nSPS) is 22.2. The molecule has 0 bridgehead atoms. The van der Waals surface area contributed by atoms with Crippen molar-refractivity contribution in [1.82, 2.24) is 14.9 Å². The number of likely N-dealkylation sites (tertiary alicyclic amines) is 1. The van der Waals surface area contributed by atoms with Gasteiger partial charge in [0.25, 0.3) is 0 Å². The minimum Gasteiger partial charge on any atom is -0.481 e. The maximum atomic E-state index is 12.7. The van der Waals surface area contributed by atoms with Crippen LogP contribution in [0.4, 0.5) is 5.69 Å². The first-order valence-electron chi connectivity index (χ1n) is 12.9. The number of aldehydes is 1. The summed E-state index contributed by atoms with van der Waals surface area (Å²) in [6.45, 7) is 5.17. The second-order valence-electron chi connectivity index (χ2n) is 10.1. The first-order valence-corrected chi connectivity index (χ1v) is 13.7. The predicted octanol–water partition coefficient (Wildman–Crippen LogP) is 5.51. The Morgan fingerprint density at radius 1 is 0.947 bits per heavy atom. The van der Waals surface area contributed by atoms with Crippen LogP contribution in [-0.4, -0.2) is 66.1 Å². The van der Waals surface area contributed by atoms with Gasteiger partial charge in [-0.1, -0.05) is 35.3 Å². The van der Waals surface area contributed by atoms with E-state index in [2.05, 4.69) is 38.8 Å². The Kier molecular flexibility index (Phi) is 8.07. The highest BCUT2D eigenvalue weighted by atomic mass is 35.5. The van der Waals surface area contributed by atoms with Crippen LogP contribution in [0.3, 0.4) is 0 Å². The van der Waals surface area contributed by atoms with Crippen molar-refractivity contribution in [1.29, 1.82) is 0 Å². The van der Waals surface area contributed by atoms with Crippen LogP contribution in [0.25, 0.3) is 0 Å². The highest BCUT2D eigenvalue weighted by Gasteiger charge is 2.48. The summed E-state index contributed by atoms with van der Waals surface area (Å²) in [6.07, 6.45) is 5.97. The molecule has 3 atom stereocenters. The molecule has 7 nitrogen and oxygen atoms in total. The number of anilines is 1. The summed E-state index contributed by atoms with van der Waals surface area (Å²) in [5.41, 5.74) is 1.72. The average molecular weight is 556 g/mol. The standard InChI is InChI=1S/C29H32Cl2N4O3/c1-20(38-28-9-7-23(31)15-32-28)25-17-35(18-26(25)21-3-5-22(30)6-4-21)29(19-36)11-13-34(14-12-29)24-8-10-27(37-2)33-16-24/h3-10,15-16,19-20,25-26H,11-14,17-18H2,1-2H3/t20-,25+,26+/m0/s1. The molecular weight excluding hydrogens is 523 g/mol. The monoisotopic (exact) mass is 554 g/mol. The summed E-state index contributed by atoms with van der Waals surface area (Å²) < 4.78 is 11.5. The van der Waals surface area contributed by atoms with Gasteiger partial charge in [-0.2, -0.15) is 0 Å². The van der Waals surface area contributed by atoms with Gasteiger partial charge in [-0.15, -0.1) is 0 Å². The van der Waals surface area contributed by atoms with E-state index >= 15 is 0 Å². The molecule has 0 radical (unpaired) electrons. The lowest BCUT2D eigenvalue weighted by atomic mass is 9.86. The van der Waals surface area contributed by atoms with Crippen LogP contribution < -0.4 is 14.4 Å². The molecule has 4 heterocycles. The van der Waals surface area contributed by atoms with E-state index < -0.39 is 5.54 Å². The average Bonchev–Trinajstić information content (AvgIpc) is 3.41. The van der Waals surface area contributed by atoms with Gasteiger partial charge in [0.1, 0.15) is 12.4 Å². The summed E-state index contributed by atoms with van der Waals surface area (Å²) >= 11 is 12.2. The smallest absolute Gasteiger partial charge is 0.213 e. The molecule has 2 aliphatic heterocycles. The van der Waals surface area contributed by atoms with Crippen LogP contribution in [0.1, 0.15) is 31.2 Å². The van der Waals surface area contributed by atoms with Gasteiger partial charge < -0.3 is 19.2 Å². The SMILES string of the molecule is COc1ccc(N2CCC(C=O)(N3C[C@H]([C@H](C)Oc4ccc(Cl)cn4)[C@@H](c4ccc(Cl)cc4)C3)CC2)cn1. The van der Waals surface area contributed by atoms with Crippen LogP contribution >= 0.6 is 23.2 Å². The lowest BCUT2D eigenvalue weighted by Crippen LogP contribution is -2.56. The number of methoxy groups -OCH3 is 1. The number of halogens is 2. The minimum absolute atomic E-state index is 0.122. The molecule has 200 valence electrons. The number of ether oxygens (including phenoxy) is 2. The molecule has 2 aliphatic rings. The molecule has 0 saturated carbocycles. The zero-order valence-electron chi connectivity index (χ0n) is 21.6. The van der Waals surface area contributed by atoms with Gasteiger partial charge in [-0.25, -0.2) is 9.97 Å². The van der Waals surface area contributed by atoms with Crippen molar-refractivity contribution < 1.29 is 14.3 Å². The zero-order chi connectivity index (χ0) is 26.7. The lowest BCUT2D eigenvalue weighted by molar-refractivity contribution is -0.119. The Hall–Kier alpha value is -2.87. The molecule has 3 aromatic rings. The third kappa shape index (κ3) is 5.60. The molecule has 2 aromatic heterocycles. The summed E-state index contributed by atoms with van der Waals surface area (Å²) in [5.74, 6) is 1.49. The molecule has 0 N–H and O–H groups in total. The number of hydrogen-bond donors (Lipinski definition) is 0. The van der Waals surface area contributed by atoms with E-state index in [1.807, 2.05) is 30.5 Å². The van der Waals surface area contributed by atoms with Crippen molar-refractivity contribution in [2.75, 3.05) is 38.2 Å². The van der Waals surface area contributed by atoms with Crippen LogP contribution in [0.5, 0.6) is 11.8 Å². The van der Waals surface area contributed by atoms with Crippen molar-refractivity contribution in [2.45, 2.75) is 37.3 Å². The second-order valence-corrected chi connectivity index (χ2v) is 11.0. The predicted molar refractivity (Wildman–Crippen MR) is 150 cm³/mol. The van der Waals surface area contributed by atoms with Gasteiger partial charge >= 0.3 is 0 Å². The Balaban J connectivity index is 1.34. The molecule has 0 aliphatic carbocycles. The lowest BCUT2D eigenvalue weighted by Gasteiger charge is -2.44. The van der Waals surface area contributed by atoms with Crippen molar-refractivity contribution in [3.05, 3.63) is 76.5 Å². The fourth-order valence-corrected chi connectivity index (χ4v) is 6.02.